The molecule has 1 amide bonds. The summed E-state index contributed by atoms with van der Waals surface area (Å²) >= 11 is 0. The lowest BCUT2D eigenvalue weighted by atomic mass is 10.1. The Labute approximate surface area is 154 Å². The summed E-state index contributed by atoms with van der Waals surface area (Å²) in [7, 11) is 0. The molecule has 5 nitrogen and oxygen atoms in total. The van der Waals surface area contributed by atoms with E-state index in [4.69, 9.17) is 4.74 Å². The fraction of sp³-hybridized carbons (Fsp3) is 0.550. The van der Waals surface area contributed by atoms with Gasteiger partial charge in [0.2, 0.25) is 0 Å². The van der Waals surface area contributed by atoms with Crippen LogP contribution in [0.25, 0.3) is 10.9 Å². The minimum Gasteiger partial charge on any atom is -0.450 e. The fourth-order valence-electron chi connectivity index (χ4n) is 3.46. The van der Waals surface area contributed by atoms with Gasteiger partial charge in [-0.1, -0.05) is 14.4 Å². The number of nitrogens with zero attached hydrogens (tertiary/aromatic N) is 1. The number of carbonyl (C=O) groups is 1. The molecule has 3 rings (SSSR count). The fourth-order valence-corrected chi connectivity index (χ4v) is 3.46. The summed E-state index contributed by atoms with van der Waals surface area (Å²) in [4.78, 5) is 16.9. The van der Waals surface area contributed by atoms with Crippen LogP contribution in [0, 0.1) is 11.7 Å². The Morgan fingerprint density at radius 1 is 1.42 bits per heavy atom. The lowest BCUT2D eigenvalue weighted by Gasteiger charge is -2.20. The Morgan fingerprint density at radius 2 is 2.23 bits per heavy atom. The number of aromatic nitrogens is 1. The number of alkyl carbamates (subject to hydrolysis) is 1. The molecule has 0 spiro atoms. The summed E-state index contributed by atoms with van der Waals surface area (Å²) in [5.41, 5.74) is 2.22. The number of hydrogen-bond acceptors (Lipinski definition) is 3. The molecule has 1 aliphatic carbocycles. The first-order valence-corrected chi connectivity index (χ1v) is 9.01. The summed E-state index contributed by atoms with van der Waals surface area (Å²) in [5, 5.41) is 3.76. The summed E-state index contributed by atoms with van der Waals surface area (Å²) < 4.78 is 18.4. The molecule has 1 aromatic heterocycles. The zero-order valence-corrected chi connectivity index (χ0v) is 14.8. The highest BCUT2D eigenvalue weighted by Crippen LogP contribution is 2.49. The highest BCUT2D eigenvalue weighted by molar-refractivity contribution is 5.84. The van der Waals surface area contributed by atoms with Gasteiger partial charge < -0.3 is 19.9 Å². The van der Waals surface area contributed by atoms with E-state index >= 15 is 0 Å². The SMILES string of the molecule is C.CCOC(=O)NCCN(CC)CC1CC1c1c[nH]c2ccc(F)cc12. The normalized spacial score (nSPS) is 18.6. The van der Waals surface area contributed by atoms with Crippen molar-refractivity contribution in [3.8, 4) is 0 Å². The van der Waals surface area contributed by atoms with Crippen LogP contribution < -0.4 is 5.32 Å². The number of carbonyl (C=O) groups excluding carboxylic acids is 1. The third-order valence-electron chi connectivity index (χ3n) is 4.91. The van der Waals surface area contributed by atoms with E-state index in [1.807, 2.05) is 6.20 Å². The maximum atomic E-state index is 13.5. The average molecular weight is 363 g/mol. The van der Waals surface area contributed by atoms with Crippen LogP contribution in [0.3, 0.4) is 0 Å². The lowest BCUT2D eigenvalue weighted by Crippen LogP contribution is -2.36. The zero-order chi connectivity index (χ0) is 17.8. The molecule has 26 heavy (non-hydrogen) atoms. The predicted octanol–water partition coefficient (Wildman–Crippen LogP) is 4.11. The highest BCUT2D eigenvalue weighted by Gasteiger charge is 2.40. The molecule has 2 N–H and O–H groups in total. The Kier molecular flexibility index (Phi) is 7.03. The summed E-state index contributed by atoms with van der Waals surface area (Å²) in [6, 6.07) is 4.91. The van der Waals surface area contributed by atoms with Gasteiger partial charge in [0.25, 0.3) is 0 Å². The number of H-pyrrole nitrogens is 1. The third-order valence-corrected chi connectivity index (χ3v) is 4.91. The van der Waals surface area contributed by atoms with Gasteiger partial charge in [0, 0.05) is 36.7 Å². The summed E-state index contributed by atoms with van der Waals surface area (Å²) in [6.07, 6.45) is 2.79. The van der Waals surface area contributed by atoms with Gasteiger partial charge in [-0.05, 0) is 55.5 Å². The topological polar surface area (TPSA) is 57.4 Å². The van der Waals surface area contributed by atoms with Crippen molar-refractivity contribution in [1.29, 1.82) is 0 Å². The van der Waals surface area contributed by atoms with E-state index in [9.17, 15) is 9.18 Å². The molecule has 144 valence electrons. The van der Waals surface area contributed by atoms with Crippen LogP contribution >= 0.6 is 0 Å². The minimum atomic E-state index is -0.358. The van der Waals surface area contributed by atoms with E-state index in [1.165, 1.54) is 11.6 Å². The second-order valence-corrected chi connectivity index (χ2v) is 6.58. The Morgan fingerprint density at radius 3 is 2.96 bits per heavy atom. The molecule has 2 unspecified atom stereocenters. The number of likely N-dealkylation sites (N-methyl/N-ethyl adjacent to an activating group) is 1. The molecular formula is C20H30FN3O2. The first-order chi connectivity index (χ1) is 12.1. The number of rotatable bonds is 8. The van der Waals surface area contributed by atoms with E-state index in [0.717, 1.165) is 37.0 Å². The standard InChI is InChI=1S/C19H26FN3O2.CH4/c1-3-23(8-7-21-19(24)25-4-2)12-13-9-15(13)17-11-22-18-6-5-14(20)10-16(17)18;/h5-6,10-11,13,15,22H,3-4,7-9,12H2,1-2H3,(H,21,24);1H4. The molecule has 1 aliphatic rings. The van der Waals surface area contributed by atoms with Crippen molar-refractivity contribution < 1.29 is 13.9 Å². The van der Waals surface area contributed by atoms with Gasteiger partial charge in [0.05, 0.1) is 6.61 Å². The number of halogens is 1. The molecular weight excluding hydrogens is 333 g/mol. The number of ether oxygens (including phenoxy) is 1. The third kappa shape index (κ3) is 4.75. The quantitative estimate of drug-likeness (QED) is 0.742. The molecule has 0 saturated heterocycles. The van der Waals surface area contributed by atoms with Crippen LogP contribution in [0.5, 0.6) is 0 Å². The van der Waals surface area contributed by atoms with Gasteiger partial charge in [-0.15, -0.1) is 0 Å². The van der Waals surface area contributed by atoms with Crippen molar-refractivity contribution in [3.63, 3.8) is 0 Å². The molecule has 2 atom stereocenters. The number of hydrogen-bond donors (Lipinski definition) is 2. The van der Waals surface area contributed by atoms with Gasteiger partial charge in [-0.2, -0.15) is 0 Å². The van der Waals surface area contributed by atoms with Crippen LogP contribution in [0.1, 0.15) is 39.2 Å². The maximum Gasteiger partial charge on any atom is 0.407 e. The zero-order valence-electron chi connectivity index (χ0n) is 14.8. The van der Waals surface area contributed by atoms with E-state index in [-0.39, 0.29) is 19.3 Å². The van der Waals surface area contributed by atoms with Gasteiger partial charge in [-0.25, -0.2) is 9.18 Å². The van der Waals surface area contributed by atoms with Crippen LogP contribution in [0.2, 0.25) is 0 Å². The average Bonchev–Trinajstić information content (AvgIpc) is 3.22. The molecule has 1 fully saturated rings. The molecule has 2 aromatic rings. The van der Waals surface area contributed by atoms with Gasteiger partial charge >= 0.3 is 6.09 Å². The van der Waals surface area contributed by atoms with Crippen molar-refractivity contribution in [2.45, 2.75) is 33.6 Å². The summed E-state index contributed by atoms with van der Waals surface area (Å²) in [6.45, 7) is 7.64. The van der Waals surface area contributed by atoms with Gasteiger partial charge in [0.15, 0.2) is 0 Å². The smallest absolute Gasteiger partial charge is 0.407 e. The second kappa shape index (κ2) is 9.03. The van der Waals surface area contributed by atoms with E-state index < -0.39 is 0 Å². The summed E-state index contributed by atoms with van der Waals surface area (Å²) in [5.74, 6) is 0.887. The van der Waals surface area contributed by atoms with E-state index in [0.29, 0.717) is 25.0 Å². The first-order valence-electron chi connectivity index (χ1n) is 9.01. The van der Waals surface area contributed by atoms with E-state index in [2.05, 4.69) is 22.1 Å². The number of nitrogens with one attached hydrogen (secondary N) is 2. The van der Waals surface area contributed by atoms with Gasteiger partial charge in [0.1, 0.15) is 5.82 Å². The molecule has 1 heterocycles. The van der Waals surface area contributed by atoms with E-state index in [1.54, 1.807) is 19.1 Å². The predicted molar refractivity (Wildman–Crippen MR) is 103 cm³/mol. The molecule has 0 bridgehead atoms. The van der Waals surface area contributed by atoms with Crippen molar-refractivity contribution in [1.82, 2.24) is 15.2 Å². The van der Waals surface area contributed by atoms with Gasteiger partial charge in [-0.3, -0.25) is 0 Å². The molecule has 0 radical (unpaired) electrons. The maximum absolute atomic E-state index is 13.5. The molecule has 1 aromatic carbocycles. The first kappa shape index (κ1) is 20.2. The molecule has 0 aliphatic heterocycles. The van der Waals surface area contributed by atoms with Crippen LogP contribution in [0.4, 0.5) is 9.18 Å². The Bertz CT molecular complexity index is 731. The minimum absolute atomic E-state index is 0. The highest BCUT2D eigenvalue weighted by atomic mass is 19.1. The van der Waals surface area contributed by atoms with Crippen molar-refractivity contribution >= 4 is 17.0 Å². The number of amides is 1. The number of benzene rings is 1. The number of aromatic amines is 1. The monoisotopic (exact) mass is 363 g/mol. The van der Waals surface area contributed by atoms with Crippen LogP contribution in [0.15, 0.2) is 24.4 Å². The largest absolute Gasteiger partial charge is 0.450 e. The number of fused-ring (bicyclic) bond motifs is 1. The van der Waals surface area contributed by atoms with Crippen LogP contribution in [-0.4, -0.2) is 48.8 Å². The van der Waals surface area contributed by atoms with Crippen LogP contribution in [-0.2, 0) is 4.74 Å². The Balaban J connectivity index is 0.00000243. The molecule has 1 saturated carbocycles. The van der Waals surface area contributed by atoms with Crippen molar-refractivity contribution in [3.05, 3.63) is 35.8 Å². The van der Waals surface area contributed by atoms with Crippen molar-refractivity contribution in [2.24, 2.45) is 5.92 Å². The molecule has 6 heteroatoms. The Hall–Kier alpha value is -2.08. The second-order valence-electron chi connectivity index (χ2n) is 6.58. The van der Waals surface area contributed by atoms with Crippen molar-refractivity contribution in [2.75, 3.05) is 32.8 Å². The lowest BCUT2D eigenvalue weighted by molar-refractivity contribution is 0.150.